The predicted molar refractivity (Wildman–Crippen MR) is 135 cm³/mol. The lowest BCUT2D eigenvalue weighted by atomic mass is 9.95. The molecule has 186 valence electrons. The molecule has 9 nitrogen and oxygen atoms in total. The van der Waals surface area contributed by atoms with Gasteiger partial charge in [0, 0.05) is 5.56 Å². The highest BCUT2D eigenvalue weighted by atomic mass is 16.7. The van der Waals surface area contributed by atoms with Crippen LogP contribution in [-0.4, -0.2) is 50.0 Å². The molecule has 6 rings (SSSR count). The number of aromatic nitrogens is 5. The Morgan fingerprint density at radius 1 is 1.08 bits per heavy atom. The largest absolute Gasteiger partial charge is 0.454 e. The van der Waals surface area contributed by atoms with Gasteiger partial charge in [-0.1, -0.05) is 24.6 Å². The van der Waals surface area contributed by atoms with Crippen LogP contribution in [0.3, 0.4) is 0 Å². The van der Waals surface area contributed by atoms with Crippen LogP contribution in [0, 0.1) is 19.8 Å². The van der Waals surface area contributed by atoms with Gasteiger partial charge in [0.25, 0.3) is 5.56 Å². The summed E-state index contributed by atoms with van der Waals surface area (Å²) in [4.78, 5) is 19.0. The van der Waals surface area contributed by atoms with Crippen LogP contribution in [0.1, 0.15) is 53.9 Å². The molecule has 1 atom stereocenters. The van der Waals surface area contributed by atoms with E-state index in [-0.39, 0.29) is 18.4 Å². The maximum Gasteiger partial charge on any atom is 0.253 e. The summed E-state index contributed by atoms with van der Waals surface area (Å²) in [6.07, 6.45) is 2.15. The molecule has 36 heavy (non-hydrogen) atoms. The third-order valence-corrected chi connectivity index (χ3v) is 7.37. The second-order valence-corrected chi connectivity index (χ2v) is 10.1. The molecule has 1 fully saturated rings. The highest BCUT2D eigenvalue weighted by molar-refractivity contribution is 5.83. The molecule has 1 saturated heterocycles. The van der Waals surface area contributed by atoms with Gasteiger partial charge >= 0.3 is 0 Å². The van der Waals surface area contributed by atoms with Gasteiger partial charge < -0.3 is 14.5 Å². The number of tetrazole rings is 1. The third-order valence-electron chi connectivity index (χ3n) is 7.37. The minimum Gasteiger partial charge on any atom is -0.454 e. The molecule has 1 N–H and O–H groups in total. The molecule has 4 heterocycles. The lowest BCUT2D eigenvalue weighted by molar-refractivity contribution is 0.149. The summed E-state index contributed by atoms with van der Waals surface area (Å²) in [6, 6.07) is 11.7. The molecule has 2 aromatic carbocycles. The fourth-order valence-electron chi connectivity index (χ4n) is 5.43. The van der Waals surface area contributed by atoms with Gasteiger partial charge in [-0.05, 0) is 96.9 Å². The zero-order chi connectivity index (χ0) is 24.8. The van der Waals surface area contributed by atoms with Crippen molar-refractivity contribution in [2.24, 2.45) is 5.92 Å². The van der Waals surface area contributed by atoms with E-state index >= 15 is 0 Å². The molecule has 9 heteroatoms. The Bertz CT molecular complexity index is 1480. The van der Waals surface area contributed by atoms with Crippen LogP contribution in [0.4, 0.5) is 0 Å². The Balaban J connectivity index is 1.44. The van der Waals surface area contributed by atoms with Crippen LogP contribution in [0.5, 0.6) is 11.5 Å². The maximum atomic E-state index is 13.5. The smallest absolute Gasteiger partial charge is 0.253 e. The third kappa shape index (κ3) is 4.13. The highest BCUT2D eigenvalue weighted by Crippen LogP contribution is 2.34. The first kappa shape index (κ1) is 22.7. The first-order chi connectivity index (χ1) is 17.5. The number of hydrogen-bond acceptors (Lipinski definition) is 7. The number of nitrogens with one attached hydrogen (secondary N) is 1. The second kappa shape index (κ2) is 9.05. The van der Waals surface area contributed by atoms with Gasteiger partial charge in [0.15, 0.2) is 17.3 Å². The maximum absolute atomic E-state index is 13.5. The molecule has 2 aliphatic rings. The lowest BCUT2D eigenvalue weighted by Gasteiger charge is -2.36. The lowest BCUT2D eigenvalue weighted by Crippen LogP contribution is -2.40. The summed E-state index contributed by atoms with van der Waals surface area (Å²) in [5.74, 6) is 2.79. The number of nitrogens with zero attached hydrogens (tertiary/aromatic N) is 5. The molecular weight excluding hydrogens is 456 g/mol. The fraction of sp³-hybridized carbons (Fsp3) is 0.407. The van der Waals surface area contributed by atoms with Crippen LogP contribution in [0.2, 0.25) is 0 Å². The Morgan fingerprint density at radius 2 is 1.89 bits per heavy atom. The summed E-state index contributed by atoms with van der Waals surface area (Å²) in [6.45, 7) is 8.84. The average Bonchev–Trinajstić information content (AvgIpc) is 3.51. The van der Waals surface area contributed by atoms with Gasteiger partial charge in [-0.15, -0.1) is 5.10 Å². The molecule has 0 saturated carbocycles. The molecule has 0 spiro atoms. The van der Waals surface area contributed by atoms with E-state index in [0.29, 0.717) is 23.9 Å². The quantitative estimate of drug-likeness (QED) is 0.459. The van der Waals surface area contributed by atoms with Crippen molar-refractivity contribution in [2.45, 2.75) is 46.2 Å². The molecule has 0 bridgehead atoms. The van der Waals surface area contributed by atoms with E-state index in [9.17, 15) is 4.79 Å². The first-order valence-electron chi connectivity index (χ1n) is 12.5. The van der Waals surface area contributed by atoms with Crippen molar-refractivity contribution in [3.63, 3.8) is 0 Å². The van der Waals surface area contributed by atoms with Gasteiger partial charge in [0.05, 0.1) is 12.1 Å². The molecule has 0 amide bonds. The summed E-state index contributed by atoms with van der Waals surface area (Å²) in [5.41, 5.74) is 4.66. The van der Waals surface area contributed by atoms with Crippen molar-refractivity contribution >= 4 is 10.9 Å². The Hall–Kier alpha value is -3.72. The number of fused-ring (bicyclic) bond motifs is 2. The van der Waals surface area contributed by atoms with Crippen molar-refractivity contribution in [1.29, 1.82) is 0 Å². The molecule has 4 aromatic rings. The number of aromatic amines is 1. The van der Waals surface area contributed by atoms with Crippen molar-refractivity contribution in [3.05, 3.63) is 74.8 Å². The standard InChI is InChI=1S/C27H30N6O3/c1-16-6-8-32(9-7-16)25(21-13-20-11-17(2)10-18(3)24(20)28-27(21)34)26-29-30-31-33(26)14-19-4-5-22-23(12-19)36-15-35-22/h4-5,10-13,16,25H,6-9,14-15H2,1-3H3,(H,28,34)/t25-/m0/s1. The predicted octanol–water partition coefficient (Wildman–Crippen LogP) is 3.73. The van der Waals surface area contributed by atoms with Crippen LogP contribution in [0.15, 0.2) is 41.2 Å². The molecule has 2 aromatic heterocycles. The second-order valence-electron chi connectivity index (χ2n) is 10.1. The van der Waals surface area contributed by atoms with Gasteiger partial charge in [-0.2, -0.15) is 0 Å². The van der Waals surface area contributed by atoms with E-state index in [1.807, 2.05) is 31.2 Å². The zero-order valence-corrected chi connectivity index (χ0v) is 20.8. The number of likely N-dealkylation sites (tertiary alicyclic amines) is 1. The molecule has 0 unspecified atom stereocenters. The molecule has 0 aliphatic carbocycles. The number of H-pyrrole nitrogens is 1. The van der Waals surface area contributed by atoms with Gasteiger partial charge in [-0.25, -0.2) is 4.68 Å². The highest BCUT2D eigenvalue weighted by Gasteiger charge is 2.32. The molecular formula is C27H30N6O3. The number of benzene rings is 2. The van der Waals surface area contributed by atoms with Crippen LogP contribution < -0.4 is 15.0 Å². The Morgan fingerprint density at radius 3 is 2.72 bits per heavy atom. The summed E-state index contributed by atoms with van der Waals surface area (Å²) in [5, 5.41) is 13.8. The van der Waals surface area contributed by atoms with E-state index in [0.717, 1.165) is 65.0 Å². The summed E-state index contributed by atoms with van der Waals surface area (Å²) < 4.78 is 12.8. The fourth-order valence-corrected chi connectivity index (χ4v) is 5.43. The van der Waals surface area contributed by atoms with Gasteiger partial charge in [0.2, 0.25) is 6.79 Å². The number of hydrogen-bond donors (Lipinski definition) is 1. The Kier molecular flexibility index (Phi) is 5.72. The van der Waals surface area contributed by atoms with Gasteiger partial charge in [-0.3, -0.25) is 9.69 Å². The number of rotatable bonds is 5. The van der Waals surface area contributed by atoms with Crippen LogP contribution in [-0.2, 0) is 6.54 Å². The molecule has 0 radical (unpaired) electrons. The van der Waals surface area contributed by atoms with Crippen molar-refractivity contribution in [2.75, 3.05) is 19.9 Å². The minimum absolute atomic E-state index is 0.101. The zero-order valence-electron chi connectivity index (χ0n) is 20.8. The first-order valence-corrected chi connectivity index (χ1v) is 12.5. The van der Waals surface area contributed by atoms with Crippen molar-refractivity contribution in [1.82, 2.24) is 30.1 Å². The minimum atomic E-state index is -0.351. The normalized spacial score (nSPS) is 17.1. The number of pyridine rings is 1. The molecule has 2 aliphatic heterocycles. The van der Waals surface area contributed by atoms with E-state index in [1.54, 1.807) is 4.68 Å². The number of aryl methyl sites for hydroxylation is 2. The van der Waals surface area contributed by atoms with Crippen molar-refractivity contribution in [3.8, 4) is 11.5 Å². The summed E-state index contributed by atoms with van der Waals surface area (Å²) in [7, 11) is 0. The van der Waals surface area contributed by atoms with E-state index in [4.69, 9.17) is 9.47 Å². The van der Waals surface area contributed by atoms with Crippen LogP contribution in [0.25, 0.3) is 10.9 Å². The SMILES string of the molecule is Cc1cc(C)c2[nH]c(=O)c([C@@H](c3nnnn3Cc3ccc4c(c3)OCO4)N3CCC(C)CC3)cc2c1. The monoisotopic (exact) mass is 486 g/mol. The van der Waals surface area contributed by atoms with E-state index in [2.05, 4.69) is 51.4 Å². The summed E-state index contributed by atoms with van der Waals surface area (Å²) >= 11 is 0. The average molecular weight is 487 g/mol. The van der Waals surface area contributed by atoms with E-state index in [1.165, 1.54) is 0 Å². The van der Waals surface area contributed by atoms with Gasteiger partial charge in [0.1, 0.15) is 6.04 Å². The van der Waals surface area contributed by atoms with Crippen molar-refractivity contribution < 1.29 is 9.47 Å². The number of piperidine rings is 1. The van der Waals surface area contributed by atoms with E-state index < -0.39 is 0 Å². The number of ether oxygens (including phenoxy) is 2. The Labute approximate surface area is 209 Å². The topological polar surface area (TPSA) is 98.2 Å². The van der Waals surface area contributed by atoms with Crippen LogP contribution >= 0.6 is 0 Å².